The molecule has 0 radical (unpaired) electrons. The third-order valence-corrected chi connectivity index (χ3v) is 5.02. The van der Waals surface area contributed by atoms with Gasteiger partial charge in [0.1, 0.15) is 0 Å². The lowest BCUT2D eigenvalue weighted by molar-refractivity contribution is 0.114. The van der Waals surface area contributed by atoms with E-state index in [0.29, 0.717) is 5.92 Å². The van der Waals surface area contributed by atoms with E-state index in [4.69, 9.17) is 5.73 Å². The van der Waals surface area contributed by atoms with E-state index < -0.39 is 0 Å². The van der Waals surface area contributed by atoms with Crippen LogP contribution in [0.4, 0.5) is 0 Å². The fourth-order valence-corrected chi connectivity index (χ4v) is 3.85. The SMILES string of the molecule is CC(NC1CC=CC2=C1C(N)=CCC2)C1CCC=CC1O. The summed E-state index contributed by atoms with van der Waals surface area (Å²) in [5.74, 6) is 0.291. The van der Waals surface area contributed by atoms with Gasteiger partial charge in [0.25, 0.3) is 0 Å². The number of hydrogen-bond donors (Lipinski definition) is 3. The third kappa shape index (κ3) is 2.99. The first-order valence-corrected chi connectivity index (χ1v) is 8.13. The first-order valence-electron chi connectivity index (χ1n) is 8.13. The second-order valence-corrected chi connectivity index (χ2v) is 6.44. The molecule has 0 aromatic rings. The monoisotopic (exact) mass is 286 g/mol. The summed E-state index contributed by atoms with van der Waals surface area (Å²) >= 11 is 0. The minimum atomic E-state index is -0.326. The van der Waals surface area contributed by atoms with Gasteiger partial charge in [0.05, 0.1) is 6.10 Å². The normalized spacial score (nSPS) is 33.6. The van der Waals surface area contributed by atoms with Crippen LogP contribution in [0.15, 0.2) is 47.2 Å². The molecule has 3 aliphatic carbocycles. The number of hydrogen-bond acceptors (Lipinski definition) is 3. The zero-order valence-electron chi connectivity index (χ0n) is 12.8. The molecule has 0 heterocycles. The van der Waals surface area contributed by atoms with Gasteiger partial charge in [0.2, 0.25) is 0 Å². The van der Waals surface area contributed by atoms with Crippen molar-refractivity contribution in [3.63, 3.8) is 0 Å². The minimum Gasteiger partial charge on any atom is -0.399 e. The molecular weight excluding hydrogens is 260 g/mol. The highest BCUT2D eigenvalue weighted by Crippen LogP contribution is 2.32. The lowest BCUT2D eigenvalue weighted by Crippen LogP contribution is -2.47. The molecule has 0 aromatic carbocycles. The fraction of sp³-hybridized carbons (Fsp3) is 0.556. The van der Waals surface area contributed by atoms with Crippen LogP contribution in [-0.4, -0.2) is 23.3 Å². The topological polar surface area (TPSA) is 58.3 Å². The Morgan fingerprint density at radius 2 is 2.19 bits per heavy atom. The number of nitrogens with one attached hydrogen (secondary N) is 1. The molecule has 0 amide bonds. The van der Waals surface area contributed by atoms with Crippen LogP contribution in [0.25, 0.3) is 0 Å². The van der Waals surface area contributed by atoms with Crippen LogP contribution >= 0.6 is 0 Å². The van der Waals surface area contributed by atoms with Gasteiger partial charge in [-0.3, -0.25) is 0 Å². The van der Waals surface area contributed by atoms with Gasteiger partial charge in [-0.2, -0.15) is 0 Å². The van der Waals surface area contributed by atoms with Crippen LogP contribution in [0.5, 0.6) is 0 Å². The highest BCUT2D eigenvalue weighted by atomic mass is 16.3. The summed E-state index contributed by atoms with van der Waals surface area (Å²) < 4.78 is 0. The number of aliphatic hydroxyl groups is 1. The van der Waals surface area contributed by atoms with Gasteiger partial charge >= 0.3 is 0 Å². The molecule has 0 saturated heterocycles. The Morgan fingerprint density at radius 1 is 1.33 bits per heavy atom. The summed E-state index contributed by atoms with van der Waals surface area (Å²) in [6, 6.07) is 0.569. The average molecular weight is 286 g/mol. The van der Waals surface area contributed by atoms with Gasteiger partial charge in [-0.25, -0.2) is 0 Å². The van der Waals surface area contributed by atoms with Gasteiger partial charge in [-0.05, 0) is 50.2 Å². The zero-order valence-corrected chi connectivity index (χ0v) is 12.8. The Hall–Kier alpha value is -1.32. The van der Waals surface area contributed by atoms with E-state index in [1.807, 2.05) is 6.08 Å². The molecule has 3 aliphatic rings. The summed E-state index contributed by atoms with van der Waals surface area (Å²) in [5.41, 5.74) is 9.84. The van der Waals surface area contributed by atoms with Crippen molar-refractivity contribution in [3.05, 3.63) is 47.2 Å². The number of rotatable bonds is 3. The summed E-state index contributed by atoms with van der Waals surface area (Å²) in [7, 11) is 0. The van der Waals surface area contributed by atoms with Crippen LogP contribution in [0.3, 0.4) is 0 Å². The lowest BCUT2D eigenvalue weighted by Gasteiger charge is -2.36. The maximum absolute atomic E-state index is 10.2. The molecule has 0 saturated carbocycles. The molecule has 3 heteroatoms. The summed E-state index contributed by atoms with van der Waals surface area (Å²) in [6.07, 6.45) is 15.6. The predicted octanol–water partition coefficient (Wildman–Crippen LogP) is 2.55. The van der Waals surface area contributed by atoms with Crippen LogP contribution in [0.1, 0.15) is 39.0 Å². The maximum Gasteiger partial charge on any atom is 0.0763 e. The summed E-state index contributed by atoms with van der Waals surface area (Å²) in [4.78, 5) is 0. The van der Waals surface area contributed by atoms with Gasteiger partial charge < -0.3 is 16.2 Å². The third-order valence-electron chi connectivity index (χ3n) is 5.02. The first kappa shape index (κ1) is 14.6. The van der Waals surface area contributed by atoms with E-state index in [0.717, 1.165) is 37.8 Å². The molecule has 0 spiro atoms. The quantitative estimate of drug-likeness (QED) is 0.699. The van der Waals surface area contributed by atoms with Gasteiger partial charge in [0.15, 0.2) is 0 Å². The van der Waals surface area contributed by atoms with Crippen LogP contribution in [-0.2, 0) is 0 Å². The maximum atomic E-state index is 10.2. The van der Waals surface area contributed by atoms with Crippen molar-refractivity contribution in [1.82, 2.24) is 5.32 Å². The lowest BCUT2D eigenvalue weighted by atomic mass is 9.82. The van der Waals surface area contributed by atoms with E-state index in [1.165, 1.54) is 11.1 Å². The van der Waals surface area contributed by atoms with Crippen LogP contribution in [0.2, 0.25) is 0 Å². The summed E-state index contributed by atoms with van der Waals surface area (Å²) in [5, 5.41) is 13.9. The molecule has 4 atom stereocenters. The molecule has 3 rings (SSSR count). The smallest absolute Gasteiger partial charge is 0.0763 e. The summed E-state index contributed by atoms with van der Waals surface area (Å²) in [6.45, 7) is 2.19. The van der Waals surface area contributed by atoms with Crippen molar-refractivity contribution in [3.8, 4) is 0 Å². The molecule has 0 aromatic heterocycles. The number of aliphatic hydroxyl groups excluding tert-OH is 1. The van der Waals surface area contributed by atoms with Crippen molar-refractivity contribution in [2.75, 3.05) is 0 Å². The Labute approximate surface area is 127 Å². The minimum absolute atomic E-state index is 0.282. The Bertz CT molecular complexity index is 515. The molecule has 3 nitrogen and oxygen atoms in total. The largest absolute Gasteiger partial charge is 0.399 e. The molecule has 4 N–H and O–H groups in total. The molecule has 0 aliphatic heterocycles. The van der Waals surface area contributed by atoms with Gasteiger partial charge in [-0.1, -0.05) is 30.4 Å². The van der Waals surface area contributed by atoms with E-state index >= 15 is 0 Å². The first-order chi connectivity index (χ1) is 10.2. The predicted molar refractivity (Wildman–Crippen MR) is 86.5 cm³/mol. The van der Waals surface area contributed by atoms with Crippen molar-refractivity contribution in [2.45, 2.75) is 57.2 Å². The fourth-order valence-electron chi connectivity index (χ4n) is 3.85. The Balaban J connectivity index is 1.73. The average Bonchev–Trinajstić information content (AvgIpc) is 2.48. The molecular formula is C18H26N2O. The van der Waals surface area contributed by atoms with Crippen molar-refractivity contribution < 1.29 is 5.11 Å². The van der Waals surface area contributed by atoms with E-state index in [9.17, 15) is 5.11 Å². The molecule has 0 fully saturated rings. The van der Waals surface area contributed by atoms with Crippen molar-refractivity contribution in [2.24, 2.45) is 11.7 Å². The molecule has 4 unspecified atom stereocenters. The molecule has 21 heavy (non-hydrogen) atoms. The Morgan fingerprint density at radius 3 is 3.00 bits per heavy atom. The highest BCUT2D eigenvalue weighted by molar-refractivity contribution is 5.47. The second kappa shape index (κ2) is 6.20. The van der Waals surface area contributed by atoms with Crippen LogP contribution in [0, 0.1) is 5.92 Å². The zero-order chi connectivity index (χ0) is 14.8. The molecule has 0 bridgehead atoms. The second-order valence-electron chi connectivity index (χ2n) is 6.44. The Kier molecular flexibility index (Phi) is 4.32. The van der Waals surface area contributed by atoms with Gasteiger partial charge in [0, 0.05) is 23.7 Å². The number of allylic oxidation sites excluding steroid dienone is 4. The number of nitrogens with two attached hydrogens (primary N) is 1. The van der Waals surface area contributed by atoms with Crippen molar-refractivity contribution in [1.29, 1.82) is 0 Å². The molecule has 114 valence electrons. The van der Waals surface area contributed by atoms with Crippen molar-refractivity contribution >= 4 is 0 Å². The van der Waals surface area contributed by atoms with E-state index in [2.05, 4.69) is 36.5 Å². The van der Waals surface area contributed by atoms with E-state index in [-0.39, 0.29) is 18.2 Å². The highest BCUT2D eigenvalue weighted by Gasteiger charge is 2.30. The van der Waals surface area contributed by atoms with Crippen LogP contribution < -0.4 is 11.1 Å². The standard InChI is InChI=1S/C18H26N2O/c1-12(14-8-2-3-11-17(14)21)20-16-10-5-7-13-6-4-9-15(19)18(13)16/h3,5,7,9,11-12,14,16-17,20-21H,2,4,6,8,10,19H2,1H3. The van der Waals surface area contributed by atoms with E-state index in [1.54, 1.807) is 0 Å². The van der Waals surface area contributed by atoms with Gasteiger partial charge in [-0.15, -0.1) is 0 Å².